The highest BCUT2D eigenvalue weighted by molar-refractivity contribution is 5.95. The summed E-state index contributed by atoms with van der Waals surface area (Å²) in [5.74, 6) is -1.36. The number of carbonyl (C=O) groups is 2. The van der Waals surface area contributed by atoms with E-state index in [1.165, 1.54) is 48.8 Å². The van der Waals surface area contributed by atoms with Crippen molar-refractivity contribution in [1.29, 1.82) is 0 Å². The van der Waals surface area contributed by atoms with Gasteiger partial charge in [-0.3, -0.25) is 20.4 Å². The van der Waals surface area contributed by atoms with E-state index in [1.807, 2.05) is 0 Å². The summed E-state index contributed by atoms with van der Waals surface area (Å²) < 4.78 is 13.3. The topological polar surface area (TPSA) is 85.1 Å². The monoisotopic (exact) mass is 289 g/mol. The minimum Gasteiger partial charge on any atom is -0.619 e. The molecule has 0 spiro atoms. The van der Waals surface area contributed by atoms with Crippen LogP contribution in [0.4, 0.5) is 4.39 Å². The fraction of sp³-hybridized carbons (Fsp3) is 0.0714. The zero-order valence-corrected chi connectivity index (χ0v) is 10.9. The number of hydrogen-bond acceptors (Lipinski definition) is 3. The Bertz CT molecular complexity index is 642. The molecule has 0 saturated heterocycles. The lowest BCUT2D eigenvalue weighted by Gasteiger charge is -2.07. The number of hydrogen-bond donors (Lipinski definition) is 2. The number of amides is 2. The number of benzene rings is 1. The highest BCUT2D eigenvalue weighted by Crippen LogP contribution is 2.03. The molecule has 2 N–H and O–H groups in total. The lowest BCUT2D eigenvalue weighted by Crippen LogP contribution is -2.42. The van der Waals surface area contributed by atoms with Gasteiger partial charge in [0.05, 0.1) is 12.0 Å². The van der Waals surface area contributed by atoms with Crippen LogP contribution in [0.2, 0.25) is 0 Å². The summed E-state index contributed by atoms with van der Waals surface area (Å²) in [5, 5.41) is 10.8. The van der Waals surface area contributed by atoms with Crippen molar-refractivity contribution in [3.05, 3.63) is 70.9 Å². The highest BCUT2D eigenvalue weighted by atomic mass is 19.1. The summed E-state index contributed by atoms with van der Waals surface area (Å²) in [4.78, 5) is 23.3. The maximum atomic E-state index is 12.7. The van der Waals surface area contributed by atoms with Crippen molar-refractivity contribution in [2.75, 3.05) is 0 Å². The SMILES string of the molecule is O=C(Cc1ccc(F)cc1)NNC(=O)c1cc[n+]([O-])cc1. The van der Waals surface area contributed by atoms with Gasteiger partial charge in [0.2, 0.25) is 5.91 Å². The Hall–Kier alpha value is -2.96. The number of rotatable bonds is 3. The second-order valence-electron chi connectivity index (χ2n) is 4.25. The third-order valence-corrected chi connectivity index (χ3v) is 2.66. The van der Waals surface area contributed by atoms with Crippen LogP contribution in [0.1, 0.15) is 15.9 Å². The third kappa shape index (κ3) is 4.27. The van der Waals surface area contributed by atoms with Crippen molar-refractivity contribution in [2.24, 2.45) is 0 Å². The van der Waals surface area contributed by atoms with E-state index in [9.17, 15) is 19.2 Å². The molecule has 2 aromatic rings. The largest absolute Gasteiger partial charge is 0.619 e. The van der Waals surface area contributed by atoms with Crippen LogP contribution in [-0.2, 0) is 11.2 Å². The average Bonchev–Trinajstić information content (AvgIpc) is 2.48. The van der Waals surface area contributed by atoms with Crippen LogP contribution >= 0.6 is 0 Å². The molecule has 7 heteroatoms. The van der Waals surface area contributed by atoms with Gasteiger partial charge in [-0.05, 0) is 17.7 Å². The van der Waals surface area contributed by atoms with E-state index in [4.69, 9.17) is 0 Å². The van der Waals surface area contributed by atoms with Gasteiger partial charge in [-0.25, -0.2) is 4.39 Å². The van der Waals surface area contributed by atoms with E-state index in [0.29, 0.717) is 10.3 Å². The molecule has 0 saturated carbocycles. The van der Waals surface area contributed by atoms with Crippen molar-refractivity contribution in [1.82, 2.24) is 10.9 Å². The molecule has 0 unspecified atom stereocenters. The first kappa shape index (κ1) is 14.4. The van der Waals surface area contributed by atoms with Gasteiger partial charge in [0.25, 0.3) is 5.91 Å². The summed E-state index contributed by atoms with van der Waals surface area (Å²) in [6, 6.07) is 8.14. The highest BCUT2D eigenvalue weighted by Gasteiger charge is 2.09. The smallest absolute Gasteiger partial charge is 0.270 e. The van der Waals surface area contributed by atoms with E-state index >= 15 is 0 Å². The van der Waals surface area contributed by atoms with Crippen molar-refractivity contribution in [2.45, 2.75) is 6.42 Å². The Morgan fingerprint density at radius 1 is 1.05 bits per heavy atom. The number of halogens is 1. The number of pyridine rings is 1. The van der Waals surface area contributed by atoms with Crippen molar-refractivity contribution < 1.29 is 18.7 Å². The van der Waals surface area contributed by atoms with E-state index in [1.54, 1.807) is 0 Å². The maximum Gasteiger partial charge on any atom is 0.270 e. The van der Waals surface area contributed by atoms with Gasteiger partial charge in [-0.15, -0.1) is 0 Å². The minimum absolute atomic E-state index is 0.00983. The van der Waals surface area contributed by atoms with Gasteiger partial charge in [0.15, 0.2) is 12.4 Å². The Balaban J connectivity index is 1.84. The summed E-state index contributed by atoms with van der Waals surface area (Å²) in [5.41, 5.74) is 5.33. The van der Waals surface area contributed by atoms with Crippen LogP contribution in [0.5, 0.6) is 0 Å². The summed E-state index contributed by atoms with van der Waals surface area (Å²) in [6.45, 7) is 0. The second-order valence-corrected chi connectivity index (χ2v) is 4.25. The first-order valence-corrected chi connectivity index (χ1v) is 6.07. The first-order chi connectivity index (χ1) is 10.0. The van der Waals surface area contributed by atoms with Gasteiger partial charge < -0.3 is 5.21 Å². The molecule has 2 rings (SSSR count). The number of aromatic nitrogens is 1. The quantitative estimate of drug-likeness (QED) is 0.489. The van der Waals surface area contributed by atoms with Gasteiger partial charge >= 0.3 is 0 Å². The molecule has 0 bridgehead atoms. The summed E-state index contributed by atoms with van der Waals surface area (Å²) >= 11 is 0. The molecule has 0 aliphatic rings. The van der Waals surface area contributed by atoms with E-state index in [-0.39, 0.29) is 17.8 Å². The maximum absolute atomic E-state index is 12.7. The number of nitrogens with zero attached hydrogens (tertiary/aromatic N) is 1. The van der Waals surface area contributed by atoms with E-state index < -0.39 is 11.8 Å². The Kier molecular flexibility index (Phi) is 4.45. The fourth-order valence-electron chi connectivity index (χ4n) is 1.59. The third-order valence-electron chi connectivity index (χ3n) is 2.66. The van der Waals surface area contributed by atoms with Crippen molar-refractivity contribution >= 4 is 11.8 Å². The second kappa shape index (κ2) is 6.47. The lowest BCUT2D eigenvalue weighted by molar-refractivity contribution is -0.605. The molecule has 1 heterocycles. The molecule has 1 aromatic heterocycles. The van der Waals surface area contributed by atoms with Crippen LogP contribution in [0, 0.1) is 11.0 Å². The molecule has 2 amide bonds. The molecule has 0 radical (unpaired) electrons. The normalized spacial score (nSPS) is 9.95. The van der Waals surface area contributed by atoms with Crippen LogP contribution in [0.3, 0.4) is 0 Å². The van der Waals surface area contributed by atoms with Crippen LogP contribution < -0.4 is 15.6 Å². The molecule has 0 atom stereocenters. The van der Waals surface area contributed by atoms with Gasteiger partial charge in [-0.2, -0.15) is 4.73 Å². The average molecular weight is 289 g/mol. The first-order valence-electron chi connectivity index (χ1n) is 6.07. The number of hydrazine groups is 1. The Labute approximate surface area is 119 Å². The van der Waals surface area contributed by atoms with Crippen LogP contribution in [-0.4, -0.2) is 11.8 Å². The zero-order valence-electron chi connectivity index (χ0n) is 10.9. The molecule has 0 aliphatic carbocycles. The molecule has 1 aromatic carbocycles. The van der Waals surface area contributed by atoms with E-state index in [0.717, 1.165) is 0 Å². The molecule has 6 nitrogen and oxygen atoms in total. The predicted molar refractivity (Wildman–Crippen MR) is 71.1 cm³/mol. The standard InChI is InChI=1S/C14H12FN3O3/c15-12-3-1-10(2-4-12)9-13(19)16-17-14(20)11-5-7-18(21)8-6-11/h1-8H,9H2,(H,16,19)(H,17,20). The zero-order chi connectivity index (χ0) is 15.2. The van der Waals surface area contributed by atoms with Crippen molar-refractivity contribution in [3.8, 4) is 0 Å². The van der Waals surface area contributed by atoms with Crippen LogP contribution in [0.15, 0.2) is 48.8 Å². The molecule has 0 fully saturated rings. The van der Waals surface area contributed by atoms with E-state index in [2.05, 4.69) is 10.9 Å². The molecule has 0 aliphatic heterocycles. The lowest BCUT2D eigenvalue weighted by atomic mass is 10.1. The predicted octanol–water partition coefficient (Wildman–Crippen LogP) is 0.463. The van der Waals surface area contributed by atoms with Crippen LogP contribution in [0.25, 0.3) is 0 Å². The molecule has 108 valence electrons. The number of nitrogens with one attached hydrogen (secondary N) is 2. The summed E-state index contributed by atoms with van der Waals surface area (Å²) in [6.07, 6.45) is 2.36. The van der Waals surface area contributed by atoms with Gasteiger partial charge in [-0.1, -0.05) is 12.1 Å². The Morgan fingerprint density at radius 3 is 2.29 bits per heavy atom. The van der Waals surface area contributed by atoms with Gasteiger partial charge in [0.1, 0.15) is 5.82 Å². The fourth-order valence-corrected chi connectivity index (χ4v) is 1.59. The minimum atomic E-state index is -0.539. The summed E-state index contributed by atoms with van der Waals surface area (Å²) in [7, 11) is 0. The Morgan fingerprint density at radius 2 is 1.67 bits per heavy atom. The molecular weight excluding hydrogens is 277 g/mol. The molecule has 21 heavy (non-hydrogen) atoms. The van der Waals surface area contributed by atoms with Gasteiger partial charge in [0, 0.05) is 12.1 Å². The van der Waals surface area contributed by atoms with Crippen molar-refractivity contribution in [3.63, 3.8) is 0 Å². The number of carbonyl (C=O) groups excluding carboxylic acids is 2. The molecular formula is C14H12FN3O3.